The van der Waals surface area contributed by atoms with E-state index in [1.54, 1.807) is 0 Å². The van der Waals surface area contributed by atoms with Crippen LogP contribution in [0.4, 0.5) is 26.3 Å². The number of hydrogen-bond acceptors (Lipinski definition) is 1. The molecule has 0 saturated heterocycles. The Hall–Kier alpha value is -0.460. The predicted octanol–water partition coefficient (Wildman–Crippen LogP) is 2.13. The molecule has 0 saturated carbocycles. The maximum atomic E-state index is 11.7. The highest BCUT2D eigenvalue weighted by molar-refractivity contribution is 4.74. The van der Waals surface area contributed by atoms with Gasteiger partial charge in [0, 0.05) is 0 Å². The number of hydrogen-bond donors (Lipinski definition) is 0. The van der Waals surface area contributed by atoms with Crippen LogP contribution in [-0.2, 0) is 4.74 Å². The number of ether oxygens (including phenoxy) is 1. The quantitative estimate of drug-likeness (QED) is 0.607. The Labute approximate surface area is 57.9 Å². The van der Waals surface area contributed by atoms with E-state index < -0.39 is 25.6 Å². The molecule has 0 aliphatic rings. The summed E-state index contributed by atoms with van der Waals surface area (Å²) in [6, 6.07) is 0. The first-order chi connectivity index (χ1) is 4.81. The zero-order valence-electron chi connectivity index (χ0n) is 5.09. The summed E-state index contributed by atoms with van der Waals surface area (Å²) < 4.78 is 71.3. The Balaban J connectivity index is 4.00. The van der Waals surface area contributed by atoms with Gasteiger partial charge in [0.1, 0.15) is 6.61 Å². The van der Waals surface area contributed by atoms with Gasteiger partial charge in [-0.25, -0.2) is 4.39 Å². The zero-order valence-corrected chi connectivity index (χ0v) is 5.09. The van der Waals surface area contributed by atoms with Crippen LogP contribution in [0.25, 0.3) is 0 Å². The molecule has 1 nitrogen and oxygen atoms in total. The monoisotopic (exact) mass is 182 g/mol. The van der Waals surface area contributed by atoms with Gasteiger partial charge in [-0.1, -0.05) is 0 Å². The van der Waals surface area contributed by atoms with Crippen molar-refractivity contribution >= 4 is 0 Å². The summed E-state index contributed by atoms with van der Waals surface area (Å²) in [6.07, 6.45) is -5.68. The Morgan fingerprint density at radius 1 is 1.00 bits per heavy atom. The van der Waals surface area contributed by atoms with Gasteiger partial charge in [0.2, 0.25) is 0 Å². The van der Waals surface area contributed by atoms with Gasteiger partial charge in [0.05, 0.1) is 0 Å². The molecule has 0 heterocycles. The zero-order chi connectivity index (χ0) is 9.12. The molecule has 0 aromatic rings. The fraction of sp³-hybridized carbons (Fsp3) is 1.00. The molecule has 0 spiro atoms. The van der Waals surface area contributed by atoms with Crippen LogP contribution in [0.3, 0.4) is 0 Å². The number of rotatable bonds is 3. The van der Waals surface area contributed by atoms with Gasteiger partial charge in [-0.05, 0) is 0 Å². The summed E-state index contributed by atoms with van der Waals surface area (Å²) in [5.74, 6) is -4.97. The van der Waals surface area contributed by atoms with E-state index in [1.165, 1.54) is 0 Å². The lowest BCUT2D eigenvalue weighted by Gasteiger charge is -2.18. The topological polar surface area (TPSA) is 9.23 Å². The van der Waals surface area contributed by atoms with Crippen LogP contribution in [0.2, 0.25) is 0 Å². The lowest BCUT2D eigenvalue weighted by molar-refractivity contribution is -0.298. The average Bonchev–Trinajstić information content (AvgIpc) is 1.81. The highest BCUT2D eigenvalue weighted by atomic mass is 19.4. The second-order valence-corrected chi connectivity index (χ2v) is 1.66. The van der Waals surface area contributed by atoms with E-state index in [0.717, 1.165) is 0 Å². The third-order valence-corrected chi connectivity index (χ3v) is 0.775. The van der Waals surface area contributed by atoms with Crippen molar-refractivity contribution in [1.82, 2.24) is 0 Å². The Morgan fingerprint density at radius 3 is 1.73 bits per heavy atom. The van der Waals surface area contributed by atoms with E-state index in [-0.39, 0.29) is 0 Å². The maximum absolute atomic E-state index is 11.7. The Morgan fingerprint density at radius 2 is 1.45 bits per heavy atom. The SMILES string of the molecule is FCOCC(F)(F)C(F)(F)F. The first-order valence-electron chi connectivity index (χ1n) is 2.39. The van der Waals surface area contributed by atoms with E-state index in [9.17, 15) is 26.3 Å². The fourth-order valence-corrected chi connectivity index (χ4v) is 0.249. The van der Waals surface area contributed by atoms with Crippen molar-refractivity contribution in [2.24, 2.45) is 0 Å². The van der Waals surface area contributed by atoms with Crippen LogP contribution in [0.15, 0.2) is 0 Å². The Bertz CT molecular complexity index is 118. The summed E-state index contributed by atoms with van der Waals surface area (Å²) in [4.78, 5) is 0. The molecule has 0 aliphatic heterocycles. The van der Waals surface area contributed by atoms with E-state index in [0.29, 0.717) is 0 Å². The van der Waals surface area contributed by atoms with Crippen LogP contribution < -0.4 is 0 Å². The summed E-state index contributed by atoms with van der Waals surface area (Å²) in [7, 11) is 0. The molecule has 0 unspecified atom stereocenters. The molecule has 11 heavy (non-hydrogen) atoms. The molecular formula is C4H4F6O. The average molecular weight is 182 g/mol. The van der Waals surface area contributed by atoms with Crippen molar-refractivity contribution in [3.8, 4) is 0 Å². The van der Waals surface area contributed by atoms with Gasteiger partial charge in [-0.15, -0.1) is 0 Å². The van der Waals surface area contributed by atoms with Crippen molar-refractivity contribution < 1.29 is 31.1 Å². The highest BCUT2D eigenvalue weighted by Gasteiger charge is 2.57. The minimum absolute atomic E-state index is 1.66. The molecule has 0 radical (unpaired) electrons. The van der Waals surface area contributed by atoms with Gasteiger partial charge < -0.3 is 4.74 Å². The van der Waals surface area contributed by atoms with Crippen LogP contribution in [-0.4, -0.2) is 25.6 Å². The molecule has 0 bridgehead atoms. The molecule has 0 N–H and O–H groups in total. The minimum atomic E-state index is -5.68. The van der Waals surface area contributed by atoms with Crippen LogP contribution in [0, 0.1) is 0 Å². The second kappa shape index (κ2) is 3.29. The molecule has 0 aromatic heterocycles. The van der Waals surface area contributed by atoms with Gasteiger partial charge in [0.25, 0.3) is 0 Å². The standard InChI is InChI=1S/C4H4F6O/c5-2-11-1-3(6,7)4(8,9)10/h1-2H2. The van der Waals surface area contributed by atoms with Crippen molar-refractivity contribution in [1.29, 1.82) is 0 Å². The van der Waals surface area contributed by atoms with Crippen LogP contribution in [0.1, 0.15) is 0 Å². The van der Waals surface area contributed by atoms with E-state index in [2.05, 4.69) is 4.74 Å². The molecular weight excluding hydrogens is 178 g/mol. The van der Waals surface area contributed by atoms with Gasteiger partial charge in [-0.2, -0.15) is 22.0 Å². The van der Waals surface area contributed by atoms with Crippen molar-refractivity contribution in [3.63, 3.8) is 0 Å². The van der Waals surface area contributed by atoms with Crippen LogP contribution >= 0.6 is 0 Å². The largest absolute Gasteiger partial charge is 0.455 e. The van der Waals surface area contributed by atoms with Gasteiger partial charge >= 0.3 is 12.1 Å². The number of alkyl halides is 6. The van der Waals surface area contributed by atoms with Crippen molar-refractivity contribution in [2.45, 2.75) is 12.1 Å². The minimum Gasteiger partial charge on any atom is -0.344 e. The maximum Gasteiger partial charge on any atom is 0.455 e. The van der Waals surface area contributed by atoms with E-state index >= 15 is 0 Å². The molecule has 0 amide bonds. The molecule has 0 aromatic carbocycles. The Kier molecular flexibility index (Phi) is 3.15. The molecule has 0 fully saturated rings. The molecule has 0 aliphatic carbocycles. The van der Waals surface area contributed by atoms with E-state index in [1.807, 2.05) is 0 Å². The summed E-state index contributed by atoms with van der Waals surface area (Å²) in [5, 5.41) is 0. The smallest absolute Gasteiger partial charge is 0.344 e. The summed E-state index contributed by atoms with van der Waals surface area (Å²) >= 11 is 0. The summed E-state index contributed by atoms with van der Waals surface area (Å²) in [5.41, 5.74) is 0. The first-order valence-corrected chi connectivity index (χ1v) is 2.39. The lowest BCUT2D eigenvalue weighted by Crippen LogP contribution is -2.40. The predicted molar refractivity (Wildman–Crippen MR) is 22.9 cm³/mol. The highest BCUT2D eigenvalue weighted by Crippen LogP contribution is 2.35. The van der Waals surface area contributed by atoms with Crippen LogP contribution in [0.5, 0.6) is 0 Å². The second-order valence-electron chi connectivity index (χ2n) is 1.66. The van der Waals surface area contributed by atoms with E-state index in [4.69, 9.17) is 0 Å². The van der Waals surface area contributed by atoms with Gasteiger partial charge in [0.15, 0.2) is 6.86 Å². The molecule has 0 rings (SSSR count). The van der Waals surface area contributed by atoms with Crippen molar-refractivity contribution in [3.05, 3.63) is 0 Å². The molecule has 0 atom stereocenters. The molecule has 7 heteroatoms. The van der Waals surface area contributed by atoms with Gasteiger partial charge in [-0.3, -0.25) is 0 Å². The molecule has 68 valence electrons. The third kappa shape index (κ3) is 2.96. The summed E-state index contributed by atoms with van der Waals surface area (Å²) in [6.45, 7) is -3.64. The van der Waals surface area contributed by atoms with Crippen molar-refractivity contribution in [2.75, 3.05) is 13.5 Å². The normalized spacial score (nSPS) is 13.6. The third-order valence-electron chi connectivity index (χ3n) is 0.775. The fourth-order valence-electron chi connectivity index (χ4n) is 0.249. The lowest BCUT2D eigenvalue weighted by atomic mass is 10.3. The number of halogens is 6. The first kappa shape index (κ1) is 10.5.